The molecule has 1 aliphatic rings. The number of fused-ring (bicyclic) bond motifs is 1. The SMILES string of the molecule is CCCNC(c1ccco1)c1cc2c(cc1Br)OCCO2. The zero-order valence-corrected chi connectivity index (χ0v) is 13.5. The van der Waals surface area contributed by atoms with Crippen molar-refractivity contribution in [1.82, 2.24) is 5.32 Å². The first-order valence-electron chi connectivity index (χ1n) is 7.15. The van der Waals surface area contributed by atoms with Crippen LogP contribution in [0.2, 0.25) is 0 Å². The van der Waals surface area contributed by atoms with Gasteiger partial charge in [0, 0.05) is 4.47 Å². The average Bonchev–Trinajstić information content (AvgIpc) is 3.02. The Hall–Kier alpha value is -1.46. The molecule has 21 heavy (non-hydrogen) atoms. The van der Waals surface area contributed by atoms with Crippen LogP contribution >= 0.6 is 15.9 Å². The van der Waals surface area contributed by atoms with Gasteiger partial charge in [-0.05, 0) is 42.8 Å². The van der Waals surface area contributed by atoms with Gasteiger partial charge in [-0.2, -0.15) is 0 Å². The fourth-order valence-corrected chi connectivity index (χ4v) is 2.96. The highest BCUT2D eigenvalue weighted by Crippen LogP contribution is 2.39. The lowest BCUT2D eigenvalue weighted by Crippen LogP contribution is -2.24. The summed E-state index contributed by atoms with van der Waals surface area (Å²) in [6.07, 6.45) is 2.75. The van der Waals surface area contributed by atoms with E-state index < -0.39 is 0 Å². The number of halogens is 1. The van der Waals surface area contributed by atoms with Gasteiger partial charge < -0.3 is 19.2 Å². The molecule has 1 N–H and O–H groups in total. The smallest absolute Gasteiger partial charge is 0.162 e. The summed E-state index contributed by atoms with van der Waals surface area (Å²) in [7, 11) is 0. The number of furan rings is 1. The molecule has 112 valence electrons. The Kier molecular flexibility index (Phi) is 4.51. The normalized spacial score (nSPS) is 15.0. The summed E-state index contributed by atoms with van der Waals surface area (Å²) in [5.74, 6) is 2.46. The third kappa shape index (κ3) is 3.09. The molecule has 0 amide bonds. The molecule has 0 saturated carbocycles. The molecule has 1 aromatic carbocycles. The van der Waals surface area contributed by atoms with E-state index in [1.165, 1.54) is 0 Å². The zero-order chi connectivity index (χ0) is 14.7. The lowest BCUT2D eigenvalue weighted by Gasteiger charge is -2.23. The minimum Gasteiger partial charge on any atom is -0.486 e. The molecule has 1 aromatic heterocycles. The summed E-state index contributed by atoms with van der Waals surface area (Å²) >= 11 is 3.64. The quantitative estimate of drug-likeness (QED) is 0.886. The van der Waals surface area contributed by atoms with E-state index in [0.29, 0.717) is 13.2 Å². The lowest BCUT2D eigenvalue weighted by atomic mass is 10.0. The molecule has 0 aliphatic carbocycles. The Bertz CT molecular complexity index is 598. The van der Waals surface area contributed by atoms with Crippen molar-refractivity contribution in [3.05, 3.63) is 46.3 Å². The van der Waals surface area contributed by atoms with Gasteiger partial charge in [-0.25, -0.2) is 0 Å². The molecular weight excluding hydrogens is 334 g/mol. The maximum absolute atomic E-state index is 5.69. The third-order valence-corrected chi connectivity index (χ3v) is 4.09. The van der Waals surface area contributed by atoms with Crippen LogP contribution in [0.4, 0.5) is 0 Å². The Morgan fingerprint density at radius 3 is 2.67 bits per heavy atom. The predicted molar refractivity (Wildman–Crippen MR) is 84.0 cm³/mol. The zero-order valence-electron chi connectivity index (χ0n) is 11.9. The van der Waals surface area contributed by atoms with Crippen molar-refractivity contribution < 1.29 is 13.9 Å². The minimum absolute atomic E-state index is 0.00912. The molecule has 0 spiro atoms. The summed E-state index contributed by atoms with van der Waals surface area (Å²) in [4.78, 5) is 0. The second-order valence-electron chi connectivity index (χ2n) is 4.92. The third-order valence-electron chi connectivity index (χ3n) is 3.40. The van der Waals surface area contributed by atoms with E-state index >= 15 is 0 Å². The Labute approximate surface area is 132 Å². The first-order chi connectivity index (χ1) is 10.3. The van der Waals surface area contributed by atoms with Crippen molar-refractivity contribution in [2.45, 2.75) is 19.4 Å². The fourth-order valence-electron chi connectivity index (χ4n) is 2.41. The number of hydrogen-bond acceptors (Lipinski definition) is 4. The summed E-state index contributed by atoms with van der Waals surface area (Å²) in [5.41, 5.74) is 1.09. The van der Waals surface area contributed by atoms with Gasteiger partial charge in [0.05, 0.1) is 12.3 Å². The maximum atomic E-state index is 5.69. The monoisotopic (exact) mass is 351 g/mol. The maximum Gasteiger partial charge on any atom is 0.162 e. The molecule has 0 fully saturated rings. The topological polar surface area (TPSA) is 43.6 Å². The predicted octanol–water partition coefficient (Wildman–Crippen LogP) is 3.90. The van der Waals surface area contributed by atoms with E-state index in [9.17, 15) is 0 Å². The summed E-state index contributed by atoms with van der Waals surface area (Å²) in [6.45, 7) is 4.23. The van der Waals surface area contributed by atoms with Crippen LogP contribution in [-0.2, 0) is 0 Å². The first kappa shape index (κ1) is 14.5. The molecule has 0 saturated heterocycles. The van der Waals surface area contributed by atoms with Crippen molar-refractivity contribution in [3.63, 3.8) is 0 Å². The molecule has 1 unspecified atom stereocenters. The number of hydrogen-bond donors (Lipinski definition) is 1. The highest BCUT2D eigenvalue weighted by molar-refractivity contribution is 9.10. The van der Waals surface area contributed by atoms with Crippen LogP contribution in [0.25, 0.3) is 0 Å². The van der Waals surface area contributed by atoms with Gasteiger partial charge in [0.15, 0.2) is 11.5 Å². The number of rotatable bonds is 5. The lowest BCUT2D eigenvalue weighted by molar-refractivity contribution is 0.171. The van der Waals surface area contributed by atoms with Gasteiger partial charge in [-0.3, -0.25) is 0 Å². The van der Waals surface area contributed by atoms with Gasteiger partial charge >= 0.3 is 0 Å². The van der Waals surface area contributed by atoms with Crippen LogP contribution in [0.5, 0.6) is 11.5 Å². The Morgan fingerprint density at radius 1 is 1.24 bits per heavy atom. The van der Waals surface area contributed by atoms with Gasteiger partial charge in [0.2, 0.25) is 0 Å². The van der Waals surface area contributed by atoms with Crippen molar-refractivity contribution in [1.29, 1.82) is 0 Å². The molecule has 2 aromatic rings. The summed E-state index contributed by atoms with van der Waals surface area (Å²) in [6, 6.07) is 7.87. The summed E-state index contributed by atoms with van der Waals surface area (Å²) < 4.78 is 17.9. The molecule has 2 heterocycles. The minimum atomic E-state index is -0.00912. The van der Waals surface area contributed by atoms with Crippen LogP contribution in [0, 0.1) is 0 Å². The molecular formula is C16H18BrNO3. The van der Waals surface area contributed by atoms with Crippen molar-refractivity contribution in [2.24, 2.45) is 0 Å². The molecule has 5 heteroatoms. The fraction of sp³-hybridized carbons (Fsp3) is 0.375. The van der Waals surface area contributed by atoms with Crippen LogP contribution in [0.1, 0.15) is 30.7 Å². The summed E-state index contributed by atoms with van der Waals surface area (Å²) in [5, 5.41) is 3.52. The van der Waals surface area contributed by atoms with E-state index in [1.807, 2.05) is 24.3 Å². The molecule has 4 nitrogen and oxygen atoms in total. The van der Waals surface area contributed by atoms with E-state index in [1.54, 1.807) is 6.26 Å². The van der Waals surface area contributed by atoms with E-state index in [4.69, 9.17) is 13.9 Å². The highest BCUT2D eigenvalue weighted by Gasteiger charge is 2.23. The molecule has 1 aliphatic heterocycles. The van der Waals surface area contributed by atoms with Crippen LogP contribution < -0.4 is 14.8 Å². The molecule has 0 radical (unpaired) electrons. The van der Waals surface area contributed by atoms with Crippen molar-refractivity contribution in [3.8, 4) is 11.5 Å². The molecule has 3 rings (SSSR count). The number of benzene rings is 1. The van der Waals surface area contributed by atoms with E-state index in [-0.39, 0.29) is 6.04 Å². The van der Waals surface area contributed by atoms with E-state index in [0.717, 1.165) is 40.3 Å². The Morgan fingerprint density at radius 2 is 2.00 bits per heavy atom. The van der Waals surface area contributed by atoms with E-state index in [2.05, 4.69) is 28.2 Å². The van der Waals surface area contributed by atoms with Gasteiger partial charge in [-0.15, -0.1) is 0 Å². The standard InChI is InChI=1S/C16H18BrNO3/c1-2-5-18-16(13-4-3-6-19-13)11-9-14-15(10-12(11)17)21-8-7-20-14/h3-4,6,9-10,16,18H,2,5,7-8H2,1H3. The largest absolute Gasteiger partial charge is 0.486 e. The van der Waals surface area contributed by atoms with Crippen molar-refractivity contribution >= 4 is 15.9 Å². The van der Waals surface area contributed by atoms with Gasteiger partial charge in [0.25, 0.3) is 0 Å². The van der Waals surface area contributed by atoms with Gasteiger partial charge in [0.1, 0.15) is 19.0 Å². The average molecular weight is 352 g/mol. The van der Waals surface area contributed by atoms with Crippen molar-refractivity contribution in [2.75, 3.05) is 19.8 Å². The Balaban J connectivity index is 1.98. The number of ether oxygens (including phenoxy) is 2. The molecule has 0 bridgehead atoms. The number of nitrogens with one attached hydrogen (secondary N) is 1. The van der Waals surface area contributed by atoms with Crippen LogP contribution in [-0.4, -0.2) is 19.8 Å². The van der Waals surface area contributed by atoms with Gasteiger partial charge in [-0.1, -0.05) is 22.9 Å². The first-order valence-corrected chi connectivity index (χ1v) is 7.94. The highest BCUT2D eigenvalue weighted by atomic mass is 79.9. The second-order valence-corrected chi connectivity index (χ2v) is 5.77. The van der Waals surface area contributed by atoms with Crippen LogP contribution in [0.3, 0.4) is 0 Å². The molecule has 1 atom stereocenters. The second kappa shape index (κ2) is 6.54. The van der Waals surface area contributed by atoms with Crippen LogP contribution in [0.15, 0.2) is 39.4 Å².